The highest BCUT2D eigenvalue weighted by Gasteiger charge is 2.29. The summed E-state index contributed by atoms with van der Waals surface area (Å²) in [5, 5.41) is 10.1. The Balaban J connectivity index is 1.18. The molecule has 0 aliphatic carbocycles. The molecule has 0 aromatic heterocycles. The second-order valence-corrected chi connectivity index (χ2v) is 13.6. The zero-order valence-corrected chi connectivity index (χ0v) is 26.9. The van der Waals surface area contributed by atoms with Crippen molar-refractivity contribution in [2.45, 2.75) is 4.90 Å². The Morgan fingerprint density at radius 3 is 1.38 bits per heavy atom. The average molecular weight is 628 g/mol. The van der Waals surface area contributed by atoms with Crippen LogP contribution in [0.2, 0.25) is 0 Å². The van der Waals surface area contributed by atoms with Gasteiger partial charge in [0.1, 0.15) is 0 Å². The summed E-state index contributed by atoms with van der Waals surface area (Å²) in [6.45, 7) is 0. The summed E-state index contributed by atoms with van der Waals surface area (Å²) >= 11 is 1.78. The van der Waals surface area contributed by atoms with Crippen LogP contribution in [-0.4, -0.2) is 0 Å². The van der Waals surface area contributed by atoms with Gasteiger partial charge in [0.05, 0.1) is 11.4 Å². The van der Waals surface area contributed by atoms with E-state index >= 15 is 0 Å². The van der Waals surface area contributed by atoms with Gasteiger partial charge >= 0.3 is 0 Å². The van der Waals surface area contributed by atoms with Gasteiger partial charge in [0.15, 0.2) is 0 Å². The molecule has 9 aromatic rings. The quantitative estimate of drug-likeness (QED) is 0.106. The Morgan fingerprint density at radius 1 is 0.312 bits per heavy atom. The predicted octanol–water partition coefficient (Wildman–Crippen LogP) is 13.5. The van der Waals surface area contributed by atoms with Crippen LogP contribution in [0.4, 0.5) is 11.4 Å². The normalized spacial score (nSPS) is 12.2. The van der Waals surface area contributed by atoms with Crippen LogP contribution in [-0.2, 0) is 0 Å². The minimum absolute atomic E-state index is 1.22. The lowest BCUT2D eigenvalue weighted by atomic mass is 9.84. The monoisotopic (exact) mass is 627 g/mol. The van der Waals surface area contributed by atoms with Crippen LogP contribution in [0.25, 0.3) is 76.5 Å². The van der Waals surface area contributed by atoms with Crippen LogP contribution >= 0.6 is 11.9 Å². The first-order valence-electron chi connectivity index (χ1n) is 16.4. The molecule has 9 aromatic carbocycles. The van der Waals surface area contributed by atoms with Crippen LogP contribution in [0, 0.1) is 0 Å². The van der Waals surface area contributed by atoms with Gasteiger partial charge in [0.25, 0.3) is 0 Å². The van der Waals surface area contributed by atoms with E-state index in [2.05, 4.69) is 180 Å². The maximum Gasteiger partial charge on any atom is 0.0775 e. The van der Waals surface area contributed by atoms with E-state index in [-0.39, 0.29) is 0 Å². The highest BCUT2D eigenvalue weighted by molar-refractivity contribution is 8.01. The molecule has 0 amide bonds. The summed E-state index contributed by atoms with van der Waals surface area (Å²) in [5.74, 6) is 0. The molecule has 0 unspecified atom stereocenters. The van der Waals surface area contributed by atoms with Gasteiger partial charge in [-0.15, -0.1) is 0 Å². The molecule has 0 bridgehead atoms. The van der Waals surface area contributed by atoms with Crippen molar-refractivity contribution in [1.82, 2.24) is 0 Å². The number of hydrogen-bond acceptors (Lipinski definition) is 2. The molecular formula is C46H29NS. The Morgan fingerprint density at radius 2 is 0.771 bits per heavy atom. The van der Waals surface area contributed by atoms with Crippen molar-refractivity contribution in [3.05, 3.63) is 176 Å². The molecule has 0 fully saturated rings. The fourth-order valence-electron chi connectivity index (χ4n) is 7.36. The molecule has 1 nitrogen and oxygen atoms in total. The minimum atomic E-state index is 1.22. The van der Waals surface area contributed by atoms with Gasteiger partial charge in [-0.2, -0.15) is 0 Å². The van der Waals surface area contributed by atoms with E-state index in [0.29, 0.717) is 0 Å². The second-order valence-electron chi connectivity index (χ2n) is 12.6. The lowest BCUT2D eigenvalue weighted by molar-refractivity contribution is 1.45. The summed E-state index contributed by atoms with van der Waals surface area (Å²) in [5.41, 5.74) is 10.1. The molecule has 10 rings (SSSR count). The van der Waals surface area contributed by atoms with Crippen molar-refractivity contribution in [2.75, 3.05) is 4.31 Å². The van der Waals surface area contributed by atoms with Gasteiger partial charge in [-0.1, -0.05) is 133 Å². The van der Waals surface area contributed by atoms with E-state index < -0.39 is 0 Å². The lowest BCUT2D eigenvalue weighted by Crippen LogP contribution is -1.92. The molecular weight excluding hydrogens is 599 g/mol. The molecule has 0 saturated carbocycles. The average Bonchev–Trinajstić information content (AvgIpc) is 3.85. The standard InChI is InChI=1S/C46H29NS/c1-3-11-33-27-36(19-17-30(33)9-1)45-39-13-5-6-14-40(39)46(37-20-18-31-10-2-4-12-34(31)28-37)42-29-35(23-26-41(42)45)32-21-24-38(25-22-32)48-47-43-15-7-8-16-44(43)47/h1-29H. The van der Waals surface area contributed by atoms with E-state index in [1.807, 2.05) is 0 Å². The molecule has 0 N–H and O–H groups in total. The van der Waals surface area contributed by atoms with Crippen molar-refractivity contribution in [3.63, 3.8) is 0 Å². The summed E-state index contributed by atoms with van der Waals surface area (Å²) in [7, 11) is 0. The van der Waals surface area contributed by atoms with Crippen LogP contribution in [0.15, 0.2) is 181 Å². The molecule has 0 radical (unpaired) electrons. The van der Waals surface area contributed by atoms with Crippen molar-refractivity contribution in [1.29, 1.82) is 0 Å². The molecule has 1 heterocycles. The molecule has 1 aliphatic rings. The molecule has 224 valence electrons. The third-order valence-corrected chi connectivity index (χ3v) is 10.8. The Labute approximate surface area is 283 Å². The van der Waals surface area contributed by atoms with E-state index in [9.17, 15) is 0 Å². The van der Waals surface area contributed by atoms with Gasteiger partial charge in [-0.3, -0.25) is 4.31 Å². The Bertz CT molecular complexity index is 2680. The Hall–Kier alpha value is -5.83. The molecule has 0 saturated heterocycles. The van der Waals surface area contributed by atoms with Gasteiger partial charge < -0.3 is 0 Å². The number of hydrogen-bond donors (Lipinski definition) is 0. The number of anilines is 2. The van der Waals surface area contributed by atoms with Gasteiger partial charge in [0.2, 0.25) is 0 Å². The predicted molar refractivity (Wildman–Crippen MR) is 207 cm³/mol. The largest absolute Gasteiger partial charge is 0.276 e. The minimum Gasteiger partial charge on any atom is -0.276 e. The third kappa shape index (κ3) is 4.49. The maximum absolute atomic E-state index is 2.42. The summed E-state index contributed by atoms with van der Waals surface area (Å²) in [4.78, 5) is 1.23. The van der Waals surface area contributed by atoms with Crippen LogP contribution < -0.4 is 4.31 Å². The Kier molecular flexibility index (Phi) is 6.18. The number of nitrogens with zero attached hydrogens (tertiary/aromatic N) is 1. The van der Waals surface area contributed by atoms with Crippen molar-refractivity contribution < 1.29 is 0 Å². The number of para-hydroxylation sites is 2. The fourth-order valence-corrected chi connectivity index (χ4v) is 8.29. The van der Waals surface area contributed by atoms with Gasteiger partial charge in [-0.05, 0) is 131 Å². The highest BCUT2D eigenvalue weighted by Crippen LogP contribution is 2.54. The molecule has 48 heavy (non-hydrogen) atoms. The van der Waals surface area contributed by atoms with E-state index in [1.165, 1.54) is 92.7 Å². The molecule has 0 atom stereocenters. The first-order valence-corrected chi connectivity index (χ1v) is 17.2. The van der Waals surface area contributed by atoms with Crippen molar-refractivity contribution >= 4 is 66.4 Å². The van der Waals surface area contributed by atoms with E-state index in [0.717, 1.165) is 0 Å². The van der Waals surface area contributed by atoms with Gasteiger partial charge in [0, 0.05) is 4.90 Å². The van der Waals surface area contributed by atoms with Crippen LogP contribution in [0.5, 0.6) is 0 Å². The topological polar surface area (TPSA) is 3.01 Å². The highest BCUT2D eigenvalue weighted by atomic mass is 32.2. The molecule has 1 aliphatic heterocycles. The summed E-state index contributed by atoms with van der Waals surface area (Å²) in [6.07, 6.45) is 0. The van der Waals surface area contributed by atoms with E-state index in [4.69, 9.17) is 0 Å². The van der Waals surface area contributed by atoms with Crippen LogP contribution in [0.3, 0.4) is 0 Å². The van der Waals surface area contributed by atoms with Crippen molar-refractivity contribution in [3.8, 4) is 33.4 Å². The van der Waals surface area contributed by atoms with Crippen molar-refractivity contribution in [2.24, 2.45) is 0 Å². The zero-order chi connectivity index (χ0) is 31.6. The summed E-state index contributed by atoms with van der Waals surface area (Å²) in [6, 6.07) is 64.7. The maximum atomic E-state index is 2.42. The van der Waals surface area contributed by atoms with Gasteiger partial charge in [-0.25, -0.2) is 0 Å². The molecule has 0 spiro atoms. The van der Waals surface area contributed by atoms with Crippen LogP contribution in [0.1, 0.15) is 0 Å². The lowest BCUT2D eigenvalue weighted by Gasteiger charge is -2.19. The number of benzene rings is 9. The smallest absolute Gasteiger partial charge is 0.0775 e. The second kappa shape index (κ2) is 10.9. The molecule has 2 heteroatoms. The SMILES string of the molecule is c1ccc2c(c1)N2Sc1ccc(-c2ccc3c(-c4ccc5ccccc5c4)c4ccccc4c(-c4ccc5ccccc5c4)c3c2)cc1. The number of fused-ring (bicyclic) bond motifs is 5. The first kappa shape index (κ1) is 27.3. The third-order valence-electron chi connectivity index (χ3n) is 9.75. The fraction of sp³-hybridized carbons (Fsp3) is 0. The first-order chi connectivity index (χ1) is 23.8. The number of rotatable bonds is 5. The van der Waals surface area contributed by atoms with E-state index in [1.54, 1.807) is 11.9 Å². The summed E-state index contributed by atoms with van der Waals surface area (Å²) < 4.78 is 2.29. The zero-order valence-electron chi connectivity index (χ0n) is 26.1.